The summed E-state index contributed by atoms with van der Waals surface area (Å²) < 4.78 is 37.7. The lowest BCUT2D eigenvalue weighted by Crippen LogP contribution is -2.26. The maximum absolute atomic E-state index is 11.4. The van der Waals surface area contributed by atoms with E-state index in [1.54, 1.807) is 13.1 Å². The van der Waals surface area contributed by atoms with Crippen molar-refractivity contribution in [2.75, 3.05) is 26.7 Å². The fraction of sp³-hybridized carbons (Fsp3) is 0.833. The molecule has 70 valence electrons. The monoisotopic (exact) mass is 182 g/mol. The summed E-state index contributed by atoms with van der Waals surface area (Å²) in [5, 5.41) is 8.14. The molecule has 0 amide bonds. The molecule has 0 aromatic carbocycles. The summed E-state index contributed by atoms with van der Waals surface area (Å²) in [6.07, 6.45) is -4.58. The Morgan fingerprint density at radius 2 is 2.08 bits per heavy atom. The predicted molar refractivity (Wildman–Crippen MR) is 35.1 cm³/mol. The van der Waals surface area contributed by atoms with Crippen molar-refractivity contribution in [3.63, 3.8) is 0 Å². The van der Waals surface area contributed by atoms with Crippen LogP contribution in [0.5, 0.6) is 0 Å². The van der Waals surface area contributed by atoms with E-state index >= 15 is 0 Å². The normalized spacial score (nSPS) is 11.7. The SMILES string of the molecule is CN(CC#N)CCOC(F)(F)F. The highest BCUT2D eigenvalue weighted by Crippen LogP contribution is 2.15. The number of ether oxygens (including phenoxy) is 1. The molecule has 0 aliphatic rings. The minimum Gasteiger partial charge on any atom is -0.291 e. The third kappa shape index (κ3) is 7.31. The van der Waals surface area contributed by atoms with Crippen molar-refractivity contribution in [1.29, 1.82) is 5.26 Å². The summed E-state index contributed by atoms with van der Waals surface area (Å²) in [7, 11) is 1.54. The van der Waals surface area contributed by atoms with E-state index in [0.29, 0.717) is 0 Å². The van der Waals surface area contributed by atoms with Crippen LogP contribution in [0.2, 0.25) is 0 Å². The Kier molecular flexibility index (Phi) is 4.62. The molecule has 0 aromatic heterocycles. The summed E-state index contributed by atoms with van der Waals surface area (Å²) in [4.78, 5) is 1.44. The number of halogens is 3. The van der Waals surface area contributed by atoms with Gasteiger partial charge in [0.05, 0.1) is 19.2 Å². The molecule has 0 aromatic rings. The lowest BCUT2D eigenvalue weighted by Gasteiger charge is -2.13. The molecular formula is C6H9F3N2O. The summed E-state index contributed by atoms with van der Waals surface area (Å²) in [6.45, 7) is -0.254. The molecule has 0 N–H and O–H groups in total. The van der Waals surface area contributed by atoms with E-state index in [2.05, 4.69) is 4.74 Å². The first-order valence-electron chi connectivity index (χ1n) is 3.22. The van der Waals surface area contributed by atoms with Gasteiger partial charge in [0, 0.05) is 6.54 Å². The molecule has 0 saturated carbocycles. The lowest BCUT2D eigenvalue weighted by atomic mass is 10.5. The first kappa shape index (κ1) is 11.2. The van der Waals surface area contributed by atoms with Crippen LogP contribution in [0.4, 0.5) is 13.2 Å². The van der Waals surface area contributed by atoms with Crippen molar-refractivity contribution in [3.05, 3.63) is 0 Å². The van der Waals surface area contributed by atoms with Gasteiger partial charge in [-0.2, -0.15) is 5.26 Å². The largest absolute Gasteiger partial charge is 0.522 e. The van der Waals surface area contributed by atoms with Gasteiger partial charge in [0.2, 0.25) is 0 Å². The van der Waals surface area contributed by atoms with Gasteiger partial charge in [-0.15, -0.1) is 13.2 Å². The average Bonchev–Trinajstić information content (AvgIpc) is 1.84. The quantitative estimate of drug-likeness (QED) is 0.608. The topological polar surface area (TPSA) is 36.3 Å². The Hall–Kier alpha value is -0.800. The molecule has 12 heavy (non-hydrogen) atoms. The fourth-order valence-corrected chi connectivity index (χ4v) is 0.517. The maximum atomic E-state index is 11.4. The standard InChI is InChI=1S/C6H9F3N2O/c1-11(3-2-10)4-5-12-6(7,8)9/h3-5H2,1H3. The zero-order valence-electron chi connectivity index (χ0n) is 6.56. The van der Waals surface area contributed by atoms with Gasteiger partial charge in [-0.05, 0) is 7.05 Å². The van der Waals surface area contributed by atoms with E-state index in [1.807, 2.05) is 0 Å². The van der Waals surface area contributed by atoms with Crippen LogP contribution in [0.3, 0.4) is 0 Å². The summed E-state index contributed by atoms with van der Waals surface area (Å²) in [5.74, 6) is 0. The van der Waals surface area contributed by atoms with Crippen molar-refractivity contribution in [2.24, 2.45) is 0 Å². The van der Waals surface area contributed by atoms with Crippen LogP contribution in [0, 0.1) is 11.3 Å². The molecular weight excluding hydrogens is 173 g/mol. The highest BCUT2D eigenvalue weighted by Gasteiger charge is 2.28. The molecule has 0 fully saturated rings. The van der Waals surface area contributed by atoms with Gasteiger partial charge in [-0.25, -0.2) is 0 Å². The molecule has 0 saturated heterocycles. The second kappa shape index (κ2) is 4.95. The van der Waals surface area contributed by atoms with E-state index in [0.717, 1.165) is 0 Å². The Balaban J connectivity index is 3.38. The molecule has 0 unspecified atom stereocenters. The van der Waals surface area contributed by atoms with Crippen LogP contribution in [0.1, 0.15) is 0 Å². The van der Waals surface area contributed by atoms with E-state index in [1.165, 1.54) is 4.90 Å². The number of alkyl halides is 3. The van der Waals surface area contributed by atoms with E-state index in [4.69, 9.17) is 5.26 Å². The van der Waals surface area contributed by atoms with Crippen molar-refractivity contribution in [2.45, 2.75) is 6.36 Å². The number of rotatable bonds is 4. The zero-order chi connectivity index (χ0) is 9.61. The molecule has 0 bridgehead atoms. The van der Waals surface area contributed by atoms with E-state index < -0.39 is 13.0 Å². The number of hydrogen-bond acceptors (Lipinski definition) is 3. The van der Waals surface area contributed by atoms with Crippen molar-refractivity contribution < 1.29 is 17.9 Å². The van der Waals surface area contributed by atoms with Gasteiger partial charge in [-0.1, -0.05) is 0 Å². The van der Waals surface area contributed by atoms with E-state index in [9.17, 15) is 13.2 Å². The van der Waals surface area contributed by atoms with Crippen LogP contribution in [-0.2, 0) is 4.74 Å². The van der Waals surface area contributed by atoms with Gasteiger partial charge in [0.25, 0.3) is 0 Å². The smallest absolute Gasteiger partial charge is 0.291 e. The second-order valence-electron chi connectivity index (χ2n) is 2.19. The first-order chi connectivity index (χ1) is 5.45. The molecule has 6 heteroatoms. The van der Waals surface area contributed by atoms with E-state index in [-0.39, 0.29) is 13.1 Å². The highest BCUT2D eigenvalue weighted by atomic mass is 19.4. The maximum Gasteiger partial charge on any atom is 0.522 e. The van der Waals surface area contributed by atoms with Crippen LogP contribution >= 0.6 is 0 Å². The minimum atomic E-state index is -4.58. The number of nitriles is 1. The Morgan fingerprint density at radius 3 is 2.50 bits per heavy atom. The van der Waals surface area contributed by atoms with Crippen molar-refractivity contribution in [3.8, 4) is 6.07 Å². The van der Waals surface area contributed by atoms with Crippen LogP contribution in [0.25, 0.3) is 0 Å². The molecule has 0 aliphatic heterocycles. The summed E-state index contributed by atoms with van der Waals surface area (Å²) in [5.41, 5.74) is 0. The van der Waals surface area contributed by atoms with Crippen molar-refractivity contribution >= 4 is 0 Å². The first-order valence-corrected chi connectivity index (χ1v) is 3.22. The third-order valence-corrected chi connectivity index (χ3v) is 1.08. The molecule has 0 spiro atoms. The molecule has 0 rings (SSSR count). The Bertz CT molecular complexity index is 163. The predicted octanol–water partition coefficient (Wildman–Crippen LogP) is 0.978. The Labute approximate surface area is 68.3 Å². The summed E-state index contributed by atoms with van der Waals surface area (Å²) >= 11 is 0. The van der Waals surface area contributed by atoms with Gasteiger partial charge in [0.1, 0.15) is 0 Å². The van der Waals surface area contributed by atoms with Crippen LogP contribution in [0.15, 0.2) is 0 Å². The summed E-state index contributed by atoms with van der Waals surface area (Å²) in [6, 6.07) is 1.80. The third-order valence-electron chi connectivity index (χ3n) is 1.08. The number of likely N-dealkylation sites (N-methyl/N-ethyl adjacent to an activating group) is 1. The highest BCUT2D eigenvalue weighted by molar-refractivity contribution is 4.73. The second-order valence-corrected chi connectivity index (χ2v) is 2.19. The minimum absolute atomic E-state index is 0.0903. The molecule has 0 radical (unpaired) electrons. The fourth-order valence-electron chi connectivity index (χ4n) is 0.517. The van der Waals surface area contributed by atoms with Gasteiger partial charge >= 0.3 is 6.36 Å². The van der Waals surface area contributed by atoms with Crippen LogP contribution in [-0.4, -0.2) is 38.0 Å². The number of nitrogens with zero attached hydrogens (tertiary/aromatic N) is 2. The van der Waals surface area contributed by atoms with Gasteiger partial charge in [0.15, 0.2) is 0 Å². The zero-order valence-corrected chi connectivity index (χ0v) is 6.56. The Morgan fingerprint density at radius 1 is 1.50 bits per heavy atom. The number of hydrogen-bond donors (Lipinski definition) is 0. The molecule has 0 atom stereocenters. The lowest BCUT2D eigenvalue weighted by molar-refractivity contribution is -0.324. The average molecular weight is 182 g/mol. The van der Waals surface area contributed by atoms with Crippen LogP contribution < -0.4 is 0 Å². The molecule has 0 heterocycles. The molecule has 3 nitrogen and oxygen atoms in total. The van der Waals surface area contributed by atoms with Gasteiger partial charge < -0.3 is 0 Å². The van der Waals surface area contributed by atoms with Crippen molar-refractivity contribution in [1.82, 2.24) is 4.90 Å². The molecule has 0 aliphatic carbocycles. The van der Waals surface area contributed by atoms with Gasteiger partial charge in [-0.3, -0.25) is 9.64 Å².